The van der Waals surface area contributed by atoms with Crippen LogP contribution < -0.4 is 21.5 Å². The van der Waals surface area contributed by atoms with Gasteiger partial charge in [0.15, 0.2) is 0 Å². The molecule has 198 valence electrons. The Labute approximate surface area is 231 Å². The van der Waals surface area contributed by atoms with E-state index in [9.17, 15) is 9.59 Å². The van der Waals surface area contributed by atoms with Crippen molar-refractivity contribution >= 4 is 57.2 Å². The average molecular weight is 529 g/mol. The summed E-state index contributed by atoms with van der Waals surface area (Å²) in [5.74, 6) is -0.503. The van der Waals surface area contributed by atoms with Gasteiger partial charge in [-0.25, -0.2) is 10.9 Å². The Morgan fingerprint density at radius 3 is 1.38 bits per heavy atom. The highest BCUT2D eigenvalue weighted by molar-refractivity contribution is 5.96. The number of carbonyl (C=O) groups is 2. The van der Waals surface area contributed by atoms with E-state index >= 15 is 0 Å². The van der Waals surface area contributed by atoms with Crippen molar-refractivity contribution in [1.82, 2.24) is 10.9 Å². The second kappa shape index (κ2) is 12.8. The summed E-state index contributed by atoms with van der Waals surface area (Å²) < 4.78 is 0. The lowest BCUT2D eigenvalue weighted by atomic mass is 10.1. The zero-order valence-corrected chi connectivity index (χ0v) is 21.7. The molecule has 8 heteroatoms. The minimum absolute atomic E-state index is 0.101. The second-order valence-electron chi connectivity index (χ2n) is 9.01. The van der Waals surface area contributed by atoms with Crippen LogP contribution in [-0.2, 0) is 9.59 Å². The number of nitrogens with zero attached hydrogens (tertiary/aromatic N) is 2. The van der Waals surface area contributed by atoms with Crippen LogP contribution in [0.4, 0.5) is 11.4 Å². The predicted molar refractivity (Wildman–Crippen MR) is 163 cm³/mol. The van der Waals surface area contributed by atoms with E-state index in [1.54, 1.807) is 12.4 Å². The summed E-state index contributed by atoms with van der Waals surface area (Å²) in [7, 11) is 0. The summed E-state index contributed by atoms with van der Waals surface area (Å²) in [6.45, 7) is 0.202. The molecule has 0 atom stereocenters. The molecule has 0 aliphatic heterocycles. The highest BCUT2D eigenvalue weighted by atomic mass is 16.2. The zero-order chi connectivity index (χ0) is 27.6. The Morgan fingerprint density at radius 1 is 0.525 bits per heavy atom. The van der Waals surface area contributed by atoms with Crippen molar-refractivity contribution in [2.24, 2.45) is 10.2 Å². The molecule has 5 rings (SSSR count). The third-order valence-electron chi connectivity index (χ3n) is 6.20. The molecule has 0 aromatic heterocycles. The van der Waals surface area contributed by atoms with Crippen molar-refractivity contribution in [3.8, 4) is 0 Å². The number of hydrogen-bond acceptors (Lipinski definition) is 6. The monoisotopic (exact) mass is 528 g/mol. The second-order valence-corrected chi connectivity index (χ2v) is 9.01. The topological polar surface area (TPSA) is 107 Å². The molecule has 0 saturated carbocycles. The van der Waals surface area contributed by atoms with Gasteiger partial charge in [-0.15, -0.1) is 0 Å². The molecule has 5 aromatic carbocycles. The van der Waals surface area contributed by atoms with Crippen LogP contribution in [0.1, 0.15) is 11.1 Å². The van der Waals surface area contributed by atoms with Gasteiger partial charge in [-0.1, -0.05) is 97.1 Å². The van der Waals surface area contributed by atoms with Gasteiger partial charge in [0.2, 0.25) is 0 Å². The minimum atomic E-state index is -0.251. The molecular formula is C32H28N6O2. The van der Waals surface area contributed by atoms with Gasteiger partial charge in [0.05, 0.1) is 25.5 Å². The van der Waals surface area contributed by atoms with E-state index < -0.39 is 0 Å². The maximum Gasteiger partial charge on any atom is 0.259 e. The molecule has 0 fully saturated rings. The van der Waals surface area contributed by atoms with Crippen LogP contribution in [0.25, 0.3) is 21.5 Å². The Balaban J connectivity index is 1.05. The van der Waals surface area contributed by atoms with Crippen molar-refractivity contribution in [2.75, 3.05) is 23.7 Å². The molecule has 4 N–H and O–H groups in total. The lowest BCUT2D eigenvalue weighted by Gasteiger charge is -2.08. The predicted octanol–water partition coefficient (Wildman–Crippen LogP) is 5.12. The van der Waals surface area contributed by atoms with Gasteiger partial charge in [0, 0.05) is 22.1 Å². The lowest BCUT2D eigenvalue weighted by Crippen LogP contribution is -2.26. The number of nitrogens with one attached hydrogen (secondary N) is 4. The molecule has 0 aliphatic carbocycles. The Bertz CT molecular complexity index is 1560. The summed E-state index contributed by atoms with van der Waals surface area (Å²) in [5.41, 5.74) is 8.47. The molecule has 0 unspecified atom stereocenters. The molecule has 0 saturated heterocycles. The fourth-order valence-corrected chi connectivity index (χ4v) is 4.21. The Morgan fingerprint density at radius 2 is 0.925 bits per heavy atom. The van der Waals surface area contributed by atoms with Crippen LogP contribution in [0, 0.1) is 0 Å². The van der Waals surface area contributed by atoms with Crippen molar-refractivity contribution in [3.05, 3.63) is 120 Å². The standard InChI is InChI=1S/C32H28N6O2/c39-31(21-33-29-13-5-9-25-7-1-3-11-27(25)29)37-35-19-23-15-17-24(18-16-23)20-36-38-32(40)22-34-30-14-6-10-26-8-2-4-12-28(26)30/h1-20,33-34H,21-22H2,(H,37,39)(H,38,40)/b35-19-,36-20-. The van der Waals surface area contributed by atoms with Crippen LogP contribution in [0.5, 0.6) is 0 Å². The molecule has 40 heavy (non-hydrogen) atoms. The fourth-order valence-electron chi connectivity index (χ4n) is 4.21. The summed E-state index contributed by atoms with van der Waals surface area (Å²) >= 11 is 0. The van der Waals surface area contributed by atoms with E-state index in [2.05, 4.69) is 31.7 Å². The highest BCUT2D eigenvalue weighted by Gasteiger charge is 2.04. The Hall–Kier alpha value is -5.50. The van der Waals surface area contributed by atoms with E-state index in [-0.39, 0.29) is 24.9 Å². The van der Waals surface area contributed by atoms with E-state index in [0.29, 0.717) is 0 Å². The van der Waals surface area contributed by atoms with Crippen LogP contribution in [-0.4, -0.2) is 37.3 Å². The molecule has 2 amide bonds. The van der Waals surface area contributed by atoms with E-state index in [1.807, 2.05) is 109 Å². The van der Waals surface area contributed by atoms with Gasteiger partial charge >= 0.3 is 0 Å². The summed E-state index contributed by atoms with van der Waals surface area (Å²) in [4.78, 5) is 24.4. The maximum absolute atomic E-state index is 12.2. The first-order valence-electron chi connectivity index (χ1n) is 12.8. The summed E-state index contributed by atoms with van der Waals surface area (Å²) in [6, 6.07) is 35.2. The Kier molecular flexibility index (Phi) is 8.38. The third kappa shape index (κ3) is 6.87. The minimum Gasteiger partial charge on any atom is -0.376 e. The molecule has 0 heterocycles. The van der Waals surface area contributed by atoms with Gasteiger partial charge in [0.25, 0.3) is 11.8 Å². The number of hydrazone groups is 2. The number of hydrogen-bond donors (Lipinski definition) is 4. The first kappa shape index (κ1) is 26.1. The number of fused-ring (bicyclic) bond motifs is 2. The van der Waals surface area contributed by atoms with E-state index in [4.69, 9.17) is 0 Å². The van der Waals surface area contributed by atoms with Crippen molar-refractivity contribution in [2.45, 2.75) is 0 Å². The van der Waals surface area contributed by atoms with Crippen molar-refractivity contribution in [1.29, 1.82) is 0 Å². The molecule has 0 bridgehead atoms. The third-order valence-corrected chi connectivity index (χ3v) is 6.20. The first-order chi connectivity index (χ1) is 19.7. The molecule has 5 aromatic rings. The average Bonchev–Trinajstić information content (AvgIpc) is 2.99. The molecular weight excluding hydrogens is 500 g/mol. The zero-order valence-electron chi connectivity index (χ0n) is 21.7. The van der Waals surface area contributed by atoms with Gasteiger partial charge in [0.1, 0.15) is 0 Å². The van der Waals surface area contributed by atoms with Crippen LogP contribution in [0.2, 0.25) is 0 Å². The number of carbonyl (C=O) groups excluding carboxylic acids is 2. The number of anilines is 2. The normalized spacial score (nSPS) is 11.2. The van der Waals surface area contributed by atoms with Crippen molar-refractivity contribution in [3.63, 3.8) is 0 Å². The van der Waals surface area contributed by atoms with Gasteiger partial charge in [-0.2, -0.15) is 10.2 Å². The fraction of sp³-hybridized carbons (Fsp3) is 0.0625. The van der Waals surface area contributed by atoms with Crippen LogP contribution in [0.15, 0.2) is 119 Å². The quantitative estimate of drug-likeness (QED) is 0.149. The van der Waals surface area contributed by atoms with Gasteiger partial charge in [-0.3, -0.25) is 9.59 Å². The van der Waals surface area contributed by atoms with Crippen LogP contribution in [0.3, 0.4) is 0 Å². The molecule has 0 radical (unpaired) electrons. The van der Waals surface area contributed by atoms with Crippen LogP contribution >= 0.6 is 0 Å². The summed E-state index contributed by atoms with van der Waals surface area (Å²) in [6.07, 6.45) is 3.13. The SMILES string of the molecule is O=C(CNc1cccc2ccccc12)N/N=C\c1ccc(/C=N\NC(=O)CNc2cccc3ccccc23)cc1. The van der Waals surface area contributed by atoms with Gasteiger partial charge in [-0.05, 0) is 34.0 Å². The largest absolute Gasteiger partial charge is 0.376 e. The lowest BCUT2D eigenvalue weighted by molar-refractivity contribution is -0.120. The first-order valence-corrected chi connectivity index (χ1v) is 12.8. The summed E-state index contributed by atoms with van der Waals surface area (Å²) in [5, 5.41) is 18.7. The van der Waals surface area contributed by atoms with Gasteiger partial charge < -0.3 is 10.6 Å². The number of benzene rings is 5. The van der Waals surface area contributed by atoms with E-state index in [1.165, 1.54) is 0 Å². The van der Waals surface area contributed by atoms with E-state index in [0.717, 1.165) is 44.0 Å². The molecule has 0 aliphatic rings. The number of amides is 2. The smallest absolute Gasteiger partial charge is 0.259 e. The number of rotatable bonds is 10. The maximum atomic E-state index is 12.2. The molecule has 8 nitrogen and oxygen atoms in total. The van der Waals surface area contributed by atoms with Crippen molar-refractivity contribution < 1.29 is 9.59 Å². The molecule has 0 spiro atoms. The highest BCUT2D eigenvalue weighted by Crippen LogP contribution is 2.23.